The minimum atomic E-state index is -4.33. The number of amides is 2. The summed E-state index contributed by atoms with van der Waals surface area (Å²) in [6, 6.07) is 5.47. The van der Waals surface area contributed by atoms with Gasteiger partial charge in [-0.25, -0.2) is 17.9 Å². The van der Waals surface area contributed by atoms with Crippen molar-refractivity contribution in [3.05, 3.63) is 29.8 Å². The maximum Gasteiger partial charge on any atom is 0.339 e. The summed E-state index contributed by atoms with van der Waals surface area (Å²) in [5.41, 5.74) is 0.463. The zero-order valence-electron chi connectivity index (χ0n) is 26.6. The Balaban J connectivity index is 1.12. The van der Waals surface area contributed by atoms with Crippen LogP contribution in [-0.4, -0.2) is 51.1 Å². The third kappa shape index (κ3) is 6.17. The molecule has 5 rings (SSSR count). The fourth-order valence-electron chi connectivity index (χ4n) is 10.3. The maximum atomic E-state index is 12.8. The van der Waals surface area contributed by atoms with Crippen LogP contribution in [0.4, 0.5) is 0 Å². The third-order valence-electron chi connectivity index (χ3n) is 12.5. The van der Waals surface area contributed by atoms with Crippen LogP contribution in [0.2, 0.25) is 0 Å². The first kappa shape index (κ1) is 32.9. The molecule has 2 amide bonds. The van der Waals surface area contributed by atoms with Crippen LogP contribution < -0.4 is 10.0 Å². The van der Waals surface area contributed by atoms with Gasteiger partial charge in [0.1, 0.15) is 4.90 Å². The Morgan fingerprint density at radius 3 is 2.43 bits per heavy atom. The number of carbonyl (C=O) groups excluding carboxylic acids is 3. The molecule has 4 saturated carbocycles. The Hall–Kier alpha value is -2.46. The smallest absolute Gasteiger partial charge is 0.339 e. The molecule has 9 nitrogen and oxygen atoms in total. The number of hydrogen-bond donors (Lipinski definition) is 3. The monoisotopic (exact) mass is 630 g/mol. The molecule has 10 heteroatoms. The molecule has 0 spiro atoms. The average molecular weight is 631 g/mol. The van der Waals surface area contributed by atoms with E-state index >= 15 is 0 Å². The molecule has 4 aliphatic rings. The molecule has 3 N–H and O–H groups in total. The van der Waals surface area contributed by atoms with E-state index in [0.717, 1.165) is 50.5 Å². The van der Waals surface area contributed by atoms with E-state index in [1.54, 1.807) is 0 Å². The molecule has 0 aliphatic heterocycles. The quantitative estimate of drug-likeness (QED) is 0.332. The Kier molecular flexibility index (Phi) is 9.53. The van der Waals surface area contributed by atoms with Gasteiger partial charge in [-0.2, -0.15) is 0 Å². The second-order valence-electron chi connectivity index (χ2n) is 14.6. The van der Waals surface area contributed by atoms with E-state index in [9.17, 15) is 27.9 Å². The van der Waals surface area contributed by atoms with Crippen LogP contribution in [0.3, 0.4) is 0 Å². The van der Waals surface area contributed by atoms with E-state index in [1.165, 1.54) is 62.8 Å². The highest BCUT2D eigenvalue weighted by atomic mass is 32.2. The molecule has 0 aromatic heterocycles. The van der Waals surface area contributed by atoms with E-state index in [0.29, 0.717) is 23.2 Å². The van der Waals surface area contributed by atoms with Gasteiger partial charge in [-0.3, -0.25) is 9.59 Å². The standard InChI is InChI=1S/C34H50N2O7S/c1-21(9-14-30(38)35-20-31(39)36-44(41,42)29-8-6-5-7-25(29)32(40)43-4)26-12-13-27-24-11-10-22-19-23(37)15-17-33(22,2)28(24)16-18-34(26,27)3/h5-8,21-24,26-28,37H,9-20H2,1-4H3,(H,35,38)(H,36,39). The first-order valence-corrected chi connectivity index (χ1v) is 18.0. The Morgan fingerprint density at radius 1 is 0.977 bits per heavy atom. The van der Waals surface area contributed by atoms with Gasteiger partial charge in [0.2, 0.25) is 5.91 Å². The van der Waals surface area contributed by atoms with Gasteiger partial charge in [0, 0.05) is 6.42 Å². The number of sulfonamides is 1. The summed E-state index contributed by atoms with van der Waals surface area (Å²) in [6.07, 6.45) is 11.4. The van der Waals surface area contributed by atoms with Crippen molar-refractivity contribution < 1.29 is 32.6 Å². The molecular weight excluding hydrogens is 580 g/mol. The molecule has 0 bridgehead atoms. The number of benzene rings is 1. The van der Waals surface area contributed by atoms with E-state index in [4.69, 9.17) is 0 Å². The molecular formula is C34H50N2O7S. The molecule has 9 atom stereocenters. The van der Waals surface area contributed by atoms with Crippen LogP contribution in [-0.2, 0) is 24.3 Å². The van der Waals surface area contributed by atoms with Gasteiger partial charge in [-0.15, -0.1) is 0 Å². The SMILES string of the molecule is COC(=O)c1ccccc1S(=O)(=O)NC(=O)CNC(=O)CCC(C)C1CCC2C3CCC4CC(O)CCC4(C)C3CCC12C. The number of esters is 1. The average Bonchev–Trinajstić information content (AvgIpc) is 3.36. The highest BCUT2D eigenvalue weighted by Gasteiger charge is 2.60. The molecule has 0 heterocycles. The number of aliphatic hydroxyl groups excluding tert-OH is 1. The summed E-state index contributed by atoms with van der Waals surface area (Å²) in [5.74, 6) is 1.83. The normalized spacial score (nSPS) is 35.4. The van der Waals surface area contributed by atoms with Crippen LogP contribution in [0, 0.1) is 46.3 Å². The van der Waals surface area contributed by atoms with E-state index in [1.807, 2.05) is 4.72 Å². The van der Waals surface area contributed by atoms with Crippen LogP contribution in [0.25, 0.3) is 0 Å². The highest BCUT2D eigenvalue weighted by Crippen LogP contribution is 2.68. The second-order valence-corrected chi connectivity index (χ2v) is 16.3. The summed E-state index contributed by atoms with van der Waals surface area (Å²) in [4.78, 5) is 36.8. The zero-order chi connectivity index (χ0) is 31.9. The van der Waals surface area contributed by atoms with Crippen molar-refractivity contribution in [1.29, 1.82) is 0 Å². The van der Waals surface area contributed by atoms with Crippen LogP contribution in [0.15, 0.2) is 29.2 Å². The van der Waals surface area contributed by atoms with Gasteiger partial charge in [0.25, 0.3) is 15.9 Å². The molecule has 4 fully saturated rings. The lowest BCUT2D eigenvalue weighted by Gasteiger charge is -2.61. The minimum absolute atomic E-state index is 0.120. The van der Waals surface area contributed by atoms with Crippen molar-refractivity contribution in [2.75, 3.05) is 13.7 Å². The Bertz CT molecular complexity index is 1360. The number of aliphatic hydroxyl groups is 1. The van der Waals surface area contributed by atoms with E-state index in [2.05, 4.69) is 30.8 Å². The van der Waals surface area contributed by atoms with Gasteiger partial charge in [-0.05, 0) is 123 Å². The van der Waals surface area contributed by atoms with E-state index < -0.39 is 28.4 Å². The summed E-state index contributed by atoms with van der Waals surface area (Å²) in [5, 5.41) is 12.9. The lowest BCUT2D eigenvalue weighted by molar-refractivity contribution is -0.130. The Labute approximate surface area is 262 Å². The summed E-state index contributed by atoms with van der Waals surface area (Å²) < 4.78 is 32.1. The summed E-state index contributed by atoms with van der Waals surface area (Å²) in [6.45, 7) is 6.81. The number of rotatable bonds is 9. The predicted molar refractivity (Wildman–Crippen MR) is 166 cm³/mol. The fraction of sp³-hybridized carbons (Fsp3) is 0.735. The van der Waals surface area contributed by atoms with Gasteiger partial charge in [0.15, 0.2) is 0 Å². The van der Waals surface area contributed by atoms with Crippen molar-refractivity contribution in [2.45, 2.75) is 102 Å². The molecule has 0 radical (unpaired) electrons. The Morgan fingerprint density at radius 2 is 1.68 bits per heavy atom. The van der Waals surface area contributed by atoms with Crippen LogP contribution in [0.5, 0.6) is 0 Å². The first-order chi connectivity index (χ1) is 20.8. The van der Waals surface area contributed by atoms with E-state index in [-0.39, 0.29) is 34.3 Å². The molecule has 44 heavy (non-hydrogen) atoms. The van der Waals surface area contributed by atoms with Crippen molar-refractivity contribution >= 4 is 27.8 Å². The van der Waals surface area contributed by atoms with Crippen molar-refractivity contribution in [1.82, 2.24) is 10.0 Å². The minimum Gasteiger partial charge on any atom is -0.465 e. The van der Waals surface area contributed by atoms with Crippen molar-refractivity contribution in [2.24, 2.45) is 46.3 Å². The number of nitrogens with one attached hydrogen (secondary N) is 2. The van der Waals surface area contributed by atoms with Crippen LogP contribution in [0.1, 0.15) is 102 Å². The topological polar surface area (TPSA) is 139 Å². The number of ether oxygens (including phenoxy) is 1. The molecule has 1 aromatic carbocycles. The van der Waals surface area contributed by atoms with Crippen LogP contribution >= 0.6 is 0 Å². The lowest BCUT2D eigenvalue weighted by Crippen LogP contribution is -2.54. The highest BCUT2D eigenvalue weighted by molar-refractivity contribution is 7.90. The summed E-state index contributed by atoms with van der Waals surface area (Å²) in [7, 11) is -3.19. The van der Waals surface area contributed by atoms with Gasteiger partial charge in [-0.1, -0.05) is 32.9 Å². The van der Waals surface area contributed by atoms with Crippen molar-refractivity contribution in [3.63, 3.8) is 0 Å². The van der Waals surface area contributed by atoms with Gasteiger partial charge >= 0.3 is 5.97 Å². The number of hydrogen-bond acceptors (Lipinski definition) is 7. The maximum absolute atomic E-state index is 12.8. The molecule has 0 saturated heterocycles. The lowest BCUT2D eigenvalue weighted by atomic mass is 9.44. The zero-order valence-corrected chi connectivity index (χ0v) is 27.5. The number of fused-ring (bicyclic) bond motifs is 5. The predicted octanol–water partition coefficient (Wildman–Crippen LogP) is 4.83. The molecule has 9 unspecified atom stereocenters. The first-order valence-electron chi connectivity index (χ1n) is 16.5. The largest absolute Gasteiger partial charge is 0.465 e. The van der Waals surface area contributed by atoms with Gasteiger partial charge in [0.05, 0.1) is 25.3 Å². The van der Waals surface area contributed by atoms with Gasteiger partial charge < -0.3 is 15.2 Å². The number of methoxy groups -OCH3 is 1. The molecule has 1 aromatic rings. The fourth-order valence-corrected chi connectivity index (χ4v) is 11.4. The molecule has 244 valence electrons. The number of carbonyl (C=O) groups is 3. The summed E-state index contributed by atoms with van der Waals surface area (Å²) >= 11 is 0. The third-order valence-corrected chi connectivity index (χ3v) is 13.9. The molecule has 4 aliphatic carbocycles. The second kappa shape index (κ2) is 12.7. The van der Waals surface area contributed by atoms with Crippen molar-refractivity contribution in [3.8, 4) is 0 Å².